The highest BCUT2D eigenvalue weighted by molar-refractivity contribution is 7.10. The number of halogens is 2. The van der Waals surface area contributed by atoms with E-state index in [1.54, 1.807) is 17.4 Å². The minimum atomic E-state index is 0.113. The highest BCUT2D eigenvalue weighted by Gasteiger charge is 2.17. The van der Waals surface area contributed by atoms with Crippen molar-refractivity contribution in [3.63, 3.8) is 0 Å². The molecule has 1 unspecified atom stereocenters. The Kier molecular flexibility index (Phi) is 3.17. The predicted molar refractivity (Wildman–Crippen MR) is 82.3 cm³/mol. The molecule has 3 rings (SSSR count). The first-order valence-corrected chi connectivity index (χ1v) is 7.37. The van der Waals surface area contributed by atoms with Gasteiger partial charge in [0.05, 0.1) is 27.1 Å². The van der Waals surface area contributed by atoms with Crippen molar-refractivity contribution in [3.8, 4) is 0 Å². The number of aromatic nitrogens is 2. The van der Waals surface area contributed by atoms with Gasteiger partial charge in [-0.25, -0.2) is 4.98 Å². The zero-order valence-corrected chi connectivity index (χ0v) is 12.4. The smallest absolute Gasteiger partial charge is 0.201 e. The Labute approximate surface area is 124 Å². The Morgan fingerprint density at radius 1 is 1.32 bits per heavy atom. The van der Waals surface area contributed by atoms with Crippen LogP contribution in [0.3, 0.4) is 0 Å². The molecule has 98 valence electrons. The van der Waals surface area contributed by atoms with Crippen molar-refractivity contribution in [2.45, 2.75) is 13.0 Å². The van der Waals surface area contributed by atoms with E-state index in [1.165, 1.54) is 4.88 Å². The lowest BCUT2D eigenvalue weighted by molar-refractivity contribution is 0.680. The minimum Gasteiger partial charge on any atom is -0.369 e. The molecule has 0 amide bonds. The van der Waals surface area contributed by atoms with E-state index < -0.39 is 0 Å². The van der Waals surface area contributed by atoms with Gasteiger partial charge in [-0.15, -0.1) is 11.3 Å². The van der Waals surface area contributed by atoms with Crippen LogP contribution in [-0.2, 0) is 0 Å². The van der Waals surface area contributed by atoms with E-state index in [0.29, 0.717) is 16.0 Å². The van der Waals surface area contributed by atoms with E-state index in [1.807, 2.05) is 22.1 Å². The van der Waals surface area contributed by atoms with Crippen molar-refractivity contribution in [1.82, 2.24) is 9.55 Å². The van der Waals surface area contributed by atoms with Crippen LogP contribution in [0.4, 0.5) is 5.95 Å². The molecule has 0 aliphatic carbocycles. The van der Waals surface area contributed by atoms with Gasteiger partial charge in [-0.3, -0.25) is 0 Å². The summed E-state index contributed by atoms with van der Waals surface area (Å²) < 4.78 is 1.98. The monoisotopic (exact) mass is 311 g/mol. The molecule has 0 spiro atoms. The number of thiophene rings is 1. The predicted octanol–water partition coefficient (Wildman–Crippen LogP) is 4.60. The number of benzene rings is 1. The molecule has 19 heavy (non-hydrogen) atoms. The first-order chi connectivity index (χ1) is 9.08. The Balaban J connectivity index is 2.23. The van der Waals surface area contributed by atoms with Crippen LogP contribution in [0.15, 0.2) is 29.6 Å². The van der Waals surface area contributed by atoms with E-state index in [0.717, 1.165) is 11.0 Å². The molecule has 3 aromatic rings. The van der Waals surface area contributed by atoms with Crippen molar-refractivity contribution in [2.24, 2.45) is 0 Å². The number of nitrogens with zero attached hydrogens (tertiary/aromatic N) is 2. The molecule has 0 radical (unpaired) electrons. The molecule has 0 saturated carbocycles. The van der Waals surface area contributed by atoms with Crippen molar-refractivity contribution in [1.29, 1.82) is 0 Å². The molecule has 0 fully saturated rings. The van der Waals surface area contributed by atoms with Crippen LogP contribution in [0.2, 0.25) is 10.0 Å². The van der Waals surface area contributed by atoms with Gasteiger partial charge in [0.15, 0.2) is 0 Å². The average molecular weight is 312 g/mol. The number of fused-ring (bicyclic) bond motifs is 1. The van der Waals surface area contributed by atoms with Crippen LogP contribution < -0.4 is 5.73 Å². The fourth-order valence-corrected chi connectivity index (χ4v) is 3.26. The summed E-state index contributed by atoms with van der Waals surface area (Å²) in [6, 6.07) is 7.77. The average Bonchev–Trinajstić information content (AvgIpc) is 2.97. The highest BCUT2D eigenvalue weighted by Crippen LogP contribution is 2.33. The van der Waals surface area contributed by atoms with E-state index in [-0.39, 0.29) is 6.04 Å². The Morgan fingerprint density at radius 2 is 2.05 bits per heavy atom. The van der Waals surface area contributed by atoms with Crippen LogP contribution in [0.25, 0.3) is 11.0 Å². The molecule has 3 nitrogen and oxygen atoms in total. The van der Waals surface area contributed by atoms with Crippen LogP contribution in [-0.4, -0.2) is 9.55 Å². The zero-order valence-electron chi connectivity index (χ0n) is 10.1. The number of hydrogen-bond acceptors (Lipinski definition) is 3. The lowest BCUT2D eigenvalue weighted by atomic mass is 10.2. The number of nitrogen functional groups attached to an aromatic ring is 1. The topological polar surface area (TPSA) is 43.8 Å². The summed E-state index contributed by atoms with van der Waals surface area (Å²) in [5, 5.41) is 3.04. The SMILES string of the molecule is CC(c1cccs1)n1c(N)nc2cc(Cl)c(Cl)cc21. The second kappa shape index (κ2) is 4.71. The largest absolute Gasteiger partial charge is 0.369 e. The molecule has 0 aliphatic heterocycles. The third kappa shape index (κ3) is 2.10. The minimum absolute atomic E-state index is 0.113. The first kappa shape index (κ1) is 12.8. The van der Waals surface area contributed by atoms with Gasteiger partial charge in [0.2, 0.25) is 5.95 Å². The van der Waals surface area contributed by atoms with Crippen LogP contribution in [0.1, 0.15) is 17.8 Å². The maximum absolute atomic E-state index is 6.09. The van der Waals surface area contributed by atoms with Crippen molar-refractivity contribution in [2.75, 3.05) is 5.73 Å². The van der Waals surface area contributed by atoms with Crippen LogP contribution in [0.5, 0.6) is 0 Å². The van der Waals surface area contributed by atoms with Gasteiger partial charge in [-0.05, 0) is 30.5 Å². The van der Waals surface area contributed by atoms with E-state index >= 15 is 0 Å². The highest BCUT2D eigenvalue weighted by atomic mass is 35.5. The summed E-state index contributed by atoms with van der Waals surface area (Å²) in [6.07, 6.45) is 0. The van der Waals surface area contributed by atoms with Crippen LogP contribution >= 0.6 is 34.5 Å². The molecule has 0 bridgehead atoms. The van der Waals surface area contributed by atoms with Gasteiger partial charge >= 0.3 is 0 Å². The molecule has 1 atom stereocenters. The Morgan fingerprint density at radius 3 is 2.74 bits per heavy atom. The van der Waals surface area contributed by atoms with Crippen molar-refractivity contribution in [3.05, 3.63) is 44.6 Å². The summed E-state index contributed by atoms with van der Waals surface area (Å²) in [5.74, 6) is 0.467. The molecule has 2 N–H and O–H groups in total. The van der Waals surface area contributed by atoms with Crippen molar-refractivity contribution >= 4 is 51.5 Å². The summed E-state index contributed by atoms with van der Waals surface area (Å²) >= 11 is 13.8. The first-order valence-electron chi connectivity index (χ1n) is 5.74. The summed E-state index contributed by atoms with van der Waals surface area (Å²) in [5.41, 5.74) is 7.69. The molecular weight excluding hydrogens is 301 g/mol. The van der Waals surface area contributed by atoms with E-state index in [9.17, 15) is 0 Å². The number of anilines is 1. The van der Waals surface area contributed by atoms with E-state index in [4.69, 9.17) is 28.9 Å². The number of nitrogens with two attached hydrogens (primary N) is 1. The molecule has 2 heterocycles. The summed E-state index contributed by atoms with van der Waals surface area (Å²) in [6.45, 7) is 2.09. The maximum atomic E-state index is 6.09. The molecule has 1 aromatic carbocycles. The quantitative estimate of drug-likeness (QED) is 0.752. The Bertz CT molecular complexity index is 734. The Hall–Kier alpha value is -1.23. The normalized spacial score (nSPS) is 13.0. The van der Waals surface area contributed by atoms with Gasteiger partial charge in [0, 0.05) is 4.88 Å². The molecule has 6 heteroatoms. The molecule has 2 aromatic heterocycles. The summed E-state index contributed by atoms with van der Waals surface area (Å²) in [4.78, 5) is 5.57. The zero-order chi connectivity index (χ0) is 13.6. The fourth-order valence-electron chi connectivity index (χ4n) is 2.17. The van der Waals surface area contributed by atoms with Crippen LogP contribution in [0, 0.1) is 0 Å². The number of rotatable bonds is 2. The third-order valence-corrected chi connectivity index (χ3v) is 4.87. The number of imidazole rings is 1. The maximum Gasteiger partial charge on any atom is 0.201 e. The third-order valence-electron chi connectivity index (χ3n) is 3.10. The molecule has 0 aliphatic rings. The second-order valence-electron chi connectivity index (χ2n) is 4.29. The number of hydrogen-bond donors (Lipinski definition) is 1. The van der Waals surface area contributed by atoms with Gasteiger partial charge in [0.1, 0.15) is 0 Å². The van der Waals surface area contributed by atoms with Gasteiger partial charge in [0.25, 0.3) is 0 Å². The molecule has 0 saturated heterocycles. The lowest BCUT2D eigenvalue weighted by Crippen LogP contribution is -2.08. The van der Waals surface area contributed by atoms with Gasteiger partial charge in [-0.2, -0.15) is 0 Å². The fraction of sp³-hybridized carbons (Fsp3) is 0.154. The van der Waals surface area contributed by atoms with Crippen molar-refractivity contribution < 1.29 is 0 Å². The van der Waals surface area contributed by atoms with Gasteiger partial charge in [-0.1, -0.05) is 29.3 Å². The van der Waals surface area contributed by atoms with E-state index in [2.05, 4.69) is 18.0 Å². The standard InChI is InChI=1S/C13H11Cl2N3S/c1-7(12-3-2-4-19-12)18-11-6-9(15)8(14)5-10(11)17-13(18)16/h2-7H,1H3,(H2,16,17). The summed E-state index contributed by atoms with van der Waals surface area (Å²) in [7, 11) is 0. The molecular formula is C13H11Cl2N3S. The van der Waals surface area contributed by atoms with Gasteiger partial charge < -0.3 is 10.3 Å². The second-order valence-corrected chi connectivity index (χ2v) is 6.08. The lowest BCUT2D eigenvalue weighted by Gasteiger charge is -2.14.